The van der Waals surface area contributed by atoms with Crippen LogP contribution in [0.1, 0.15) is 76.3 Å². The summed E-state index contributed by atoms with van der Waals surface area (Å²) in [5.74, 6) is 1.46. The fraction of sp³-hybridized carbons (Fsp3) is 0.750. The lowest BCUT2D eigenvalue weighted by Gasteiger charge is -2.20. The van der Waals surface area contributed by atoms with Gasteiger partial charge in [-0.05, 0) is 25.2 Å². The Kier molecular flexibility index (Phi) is 7.09. The number of aromatic amines is 1. The van der Waals surface area contributed by atoms with Crippen LogP contribution < -0.4 is 10.6 Å². The average Bonchev–Trinajstić information content (AvgIpc) is 3.10. The second-order valence-electron chi connectivity index (χ2n) is 7.91. The lowest BCUT2D eigenvalue weighted by Crippen LogP contribution is -2.34. The van der Waals surface area contributed by atoms with Crippen molar-refractivity contribution in [3.05, 3.63) is 11.8 Å². The van der Waals surface area contributed by atoms with Crippen molar-refractivity contribution in [2.24, 2.45) is 11.8 Å². The van der Waals surface area contributed by atoms with E-state index >= 15 is 0 Å². The zero-order valence-corrected chi connectivity index (χ0v) is 15.7. The van der Waals surface area contributed by atoms with Crippen LogP contribution in [0.4, 0.5) is 5.82 Å². The maximum atomic E-state index is 12.1. The molecule has 1 aromatic heterocycles. The molecule has 1 aromatic rings. The Labute approximate surface area is 155 Å². The predicted molar refractivity (Wildman–Crippen MR) is 102 cm³/mol. The molecule has 0 unspecified atom stereocenters. The van der Waals surface area contributed by atoms with Crippen molar-refractivity contribution in [1.82, 2.24) is 15.5 Å². The van der Waals surface area contributed by atoms with Gasteiger partial charge in [-0.1, -0.05) is 51.4 Å². The smallest absolute Gasteiger partial charge is 0.227 e. The molecule has 0 atom stereocenters. The maximum absolute atomic E-state index is 12.1. The van der Waals surface area contributed by atoms with Gasteiger partial charge < -0.3 is 10.6 Å². The van der Waals surface area contributed by atoms with Gasteiger partial charge in [-0.3, -0.25) is 14.7 Å². The normalized spacial score (nSPS) is 19.2. The van der Waals surface area contributed by atoms with E-state index in [9.17, 15) is 9.59 Å². The SMILES string of the molecule is O=C(CCNC(=O)C1CCCCC1)Nc1cc(CC2CCCCC2)[nH]n1. The van der Waals surface area contributed by atoms with Crippen LogP contribution in [0.15, 0.2) is 6.07 Å². The number of anilines is 1. The quantitative estimate of drug-likeness (QED) is 0.695. The number of amides is 2. The molecular formula is C20H32N4O2. The zero-order chi connectivity index (χ0) is 18.2. The molecule has 0 saturated heterocycles. The zero-order valence-electron chi connectivity index (χ0n) is 15.7. The van der Waals surface area contributed by atoms with Crippen LogP contribution >= 0.6 is 0 Å². The lowest BCUT2D eigenvalue weighted by molar-refractivity contribution is -0.126. The van der Waals surface area contributed by atoms with Crippen LogP contribution in [0.2, 0.25) is 0 Å². The summed E-state index contributed by atoms with van der Waals surface area (Å²) < 4.78 is 0. The number of nitrogens with one attached hydrogen (secondary N) is 3. The van der Waals surface area contributed by atoms with Crippen LogP contribution in [0.3, 0.4) is 0 Å². The highest BCUT2D eigenvalue weighted by molar-refractivity contribution is 5.90. The third-order valence-corrected chi connectivity index (χ3v) is 5.76. The van der Waals surface area contributed by atoms with E-state index in [0.29, 0.717) is 12.4 Å². The third kappa shape index (κ3) is 5.85. The van der Waals surface area contributed by atoms with Crippen molar-refractivity contribution >= 4 is 17.6 Å². The van der Waals surface area contributed by atoms with E-state index in [-0.39, 0.29) is 24.2 Å². The molecule has 0 radical (unpaired) electrons. The Morgan fingerprint density at radius 2 is 1.73 bits per heavy atom. The largest absolute Gasteiger partial charge is 0.355 e. The minimum absolute atomic E-state index is 0.104. The summed E-state index contributed by atoms with van der Waals surface area (Å²) in [6.45, 7) is 0.389. The van der Waals surface area contributed by atoms with Gasteiger partial charge in [0, 0.05) is 30.6 Å². The van der Waals surface area contributed by atoms with Gasteiger partial charge >= 0.3 is 0 Å². The van der Waals surface area contributed by atoms with Gasteiger partial charge in [0.25, 0.3) is 0 Å². The van der Waals surface area contributed by atoms with Gasteiger partial charge in [-0.2, -0.15) is 5.10 Å². The minimum Gasteiger partial charge on any atom is -0.355 e. The fourth-order valence-electron chi connectivity index (χ4n) is 4.25. The first kappa shape index (κ1) is 18.9. The number of carbonyl (C=O) groups is 2. The molecule has 6 heteroatoms. The average molecular weight is 361 g/mol. The van der Waals surface area contributed by atoms with Crippen molar-refractivity contribution in [3.63, 3.8) is 0 Å². The topological polar surface area (TPSA) is 86.9 Å². The maximum Gasteiger partial charge on any atom is 0.227 e. The standard InChI is InChI=1S/C20H32N4O2/c25-19(11-12-21-20(26)16-9-5-2-6-10-16)22-18-14-17(23-24-18)13-15-7-3-1-4-8-15/h14-16H,1-13H2,(H,21,26)(H2,22,23,24,25). The Bertz CT molecular complexity index is 586. The number of aromatic nitrogens is 2. The number of carbonyl (C=O) groups excluding carboxylic acids is 2. The second kappa shape index (κ2) is 9.74. The van der Waals surface area contributed by atoms with E-state index in [4.69, 9.17) is 0 Å². The van der Waals surface area contributed by atoms with E-state index in [1.54, 1.807) is 0 Å². The van der Waals surface area contributed by atoms with Gasteiger partial charge in [-0.25, -0.2) is 0 Å². The summed E-state index contributed by atoms with van der Waals surface area (Å²) >= 11 is 0. The van der Waals surface area contributed by atoms with Crippen molar-refractivity contribution in [3.8, 4) is 0 Å². The molecule has 0 bridgehead atoms. The number of H-pyrrole nitrogens is 1. The first-order valence-corrected chi connectivity index (χ1v) is 10.3. The first-order valence-electron chi connectivity index (χ1n) is 10.3. The van der Waals surface area contributed by atoms with E-state index in [1.165, 1.54) is 38.5 Å². The van der Waals surface area contributed by atoms with Gasteiger partial charge in [0.1, 0.15) is 0 Å². The molecule has 3 rings (SSSR count). The molecule has 2 saturated carbocycles. The number of rotatable bonds is 7. The summed E-state index contributed by atoms with van der Waals surface area (Å²) in [7, 11) is 0. The molecule has 0 aliphatic heterocycles. The highest BCUT2D eigenvalue weighted by Gasteiger charge is 2.21. The van der Waals surface area contributed by atoms with E-state index < -0.39 is 0 Å². The van der Waals surface area contributed by atoms with E-state index in [1.807, 2.05) is 6.07 Å². The fourth-order valence-corrected chi connectivity index (χ4v) is 4.25. The lowest BCUT2D eigenvalue weighted by atomic mass is 9.86. The number of nitrogens with zero attached hydrogens (tertiary/aromatic N) is 1. The number of hydrogen-bond donors (Lipinski definition) is 3. The molecule has 2 amide bonds. The number of hydrogen-bond acceptors (Lipinski definition) is 3. The van der Waals surface area contributed by atoms with Gasteiger partial charge in [0.15, 0.2) is 5.82 Å². The molecule has 0 aromatic carbocycles. The van der Waals surface area contributed by atoms with E-state index in [2.05, 4.69) is 20.8 Å². The Morgan fingerprint density at radius 1 is 1.04 bits per heavy atom. The Morgan fingerprint density at radius 3 is 2.46 bits per heavy atom. The van der Waals surface area contributed by atoms with Crippen LogP contribution in [0.25, 0.3) is 0 Å². The summed E-state index contributed by atoms with van der Waals surface area (Å²) in [5, 5.41) is 13.0. The van der Waals surface area contributed by atoms with Crippen LogP contribution in [0.5, 0.6) is 0 Å². The molecule has 2 aliphatic carbocycles. The molecule has 26 heavy (non-hydrogen) atoms. The van der Waals surface area contributed by atoms with Crippen LogP contribution in [-0.2, 0) is 16.0 Å². The molecule has 6 nitrogen and oxygen atoms in total. The molecule has 0 spiro atoms. The van der Waals surface area contributed by atoms with Gasteiger partial charge in [0.05, 0.1) is 0 Å². The second-order valence-corrected chi connectivity index (χ2v) is 7.91. The Hall–Kier alpha value is -1.85. The molecule has 2 aliphatic rings. The monoisotopic (exact) mass is 360 g/mol. The minimum atomic E-state index is -0.107. The molecule has 3 N–H and O–H groups in total. The van der Waals surface area contributed by atoms with Gasteiger partial charge in [-0.15, -0.1) is 0 Å². The van der Waals surface area contributed by atoms with Gasteiger partial charge in [0.2, 0.25) is 11.8 Å². The summed E-state index contributed by atoms with van der Waals surface area (Å²) in [6, 6.07) is 1.94. The van der Waals surface area contributed by atoms with Crippen LogP contribution in [0, 0.1) is 11.8 Å². The Balaban J connectivity index is 1.34. The highest BCUT2D eigenvalue weighted by atomic mass is 16.2. The molecule has 144 valence electrons. The van der Waals surface area contributed by atoms with Crippen molar-refractivity contribution in [2.45, 2.75) is 77.0 Å². The summed E-state index contributed by atoms with van der Waals surface area (Å²) in [4.78, 5) is 24.1. The summed E-state index contributed by atoms with van der Waals surface area (Å²) in [5.41, 5.74) is 1.10. The van der Waals surface area contributed by atoms with Crippen molar-refractivity contribution in [2.75, 3.05) is 11.9 Å². The van der Waals surface area contributed by atoms with Crippen molar-refractivity contribution < 1.29 is 9.59 Å². The van der Waals surface area contributed by atoms with E-state index in [0.717, 1.165) is 43.7 Å². The summed E-state index contributed by atoms with van der Waals surface area (Å²) in [6.07, 6.45) is 13.4. The van der Waals surface area contributed by atoms with Crippen molar-refractivity contribution in [1.29, 1.82) is 0 Å². The predicted octanol–water partition coefficient (Wildman–Crippen LogP) is 3.56. The molecular weight excluding hydrogens is 328 g/mol. The first-order chi connectivity index (χ1) is 12.7. The highest BCUT2D eigenvalue weighted by Crippen LogP contribution is 2.27. The molecule has 1 heterocycles. The van der Waals surface area contributed by atoms with Crippen LogP contribution in [-0.4, -0.2) is 28.6 Å². The molecule has 2 fully saturated rings. The third-order valence-electron chi connectivity index (χ3n) is 5.76.